The number of alkyl halides is 4. The molecule has 2 aromatic carbocycles. The molecule has 13 heteroatoms. The van der Waals surface area contributed by atoms with E-state index in [0.29, 0.717) is 22.5 Å². The van der Waals surface area contributed by atoms with Crippen LogP contribution in [0, 0.1) is 0 Å². The molecule has 0 amide bonds. The van der Waals surface area contributed by atoms with Gasteiger partial charge in [0.1, 0.15) is 34.2 Å². The van der Waals surface area contributed by atoms with E-state index in [-0.39, 0.29) is 27.8 Å². The summed E-state index contributed by atoms with van der Waals surface area (Å²) in [5, 5.41) is 0.178. The number of nitrogens with zero attached hydrogens (tertiary/aromatic N) is 6. The zero-order valence-electron chi connectivity index (χ0n) is 19.1. The summed E-state index contributed by atoms with van der Waals surface area (Å²) in [5.41, 5.74) is 1.06. The van der Waals surface area contributed by atoms with E-state index in [0.717, 1.165) is 11.8 Å². The molecule has 0 bridgehead atoms. The normalized spacial score (nSPS) is 11.8. The molecule has 0 N–H and O–H groups in total. The van der Waals surface area contributed by atoms with Crippen LogP contribution in [-0.4, -0.2) is 49.5 Å². The number of hydrogen-bond acceptors (Lipinski definition) is 7. The predicted octanol–water partition coefficient (Wildman–Crippen LogP) is 5.77. The van der Waals surface area contributed by atoms with Gasteiger partial charge in [-0.25, -0.2) is 37.5 Å². The molecule has 0 radical (unpaired) electrons. The fourth-order valence-electron chi connectivity index (χ4n) is 4.01. The highest BCUT2D eigenvalue weighted by Crippen LogP contribution is 2.35. The topological polar surface area (TPSA) is 79.9 Å². The van der Waals surface area contributed by atoms with Crippen LogP contribution in [0.2, 0.25) is 0 Å². The van der Waals surface area contributed by atoms with E-state index in [1.807, 2.05) is 0 Å². The van der Waals surface area contributed by atoms with Gasteiger partial charge in [-0.2, -0.15) is 0 Å². The summed E-state index contributed by atoms with van der Waals surface area (Å²) in [7, 11) is 2.82. The largest absolute Gasteiger partial charge is 0.494 e. The highest BCUT2D eigenvalue weighted by atomic mass is 32.2. The Morgan fingerprint density at radius 2 is 1.17 bits per heavy atom. The van der Waals surface area contributed by atoms with Crippen molar-refractivity contribution in [2.75, 3.05) is 20.5 Å². The monoisotopic (exact) mass is 518 g/mol. The Balaban J connectivity index is 1.84. The summed E-state index contributed by atoms with van der Waals surface area (Å²) in [6.45, 7) is 0. The van der Waals surface area contributed by atoms with Crippen molar-refractivity contribution in [3.05, 3.63) is 54.1 Å². The third-order valence-electron chi connectivity index (χ3n) is 5.50. The minimum absolute atomic E-state index is 0.0281. The molecule has 0 saturated carbocycles. The number of halogens is 4. The van der Waals surface area contributed by atoms with Crippen LogP contribution < -0.4 is 9.47 Å². The second-order valence-electron chi connectivity index (χ2n) is 7.44. The lowest BCUT2D eigenvalue weighted by Gasteiger charge is -2.13. The number of fused-ring (bicyclic) bond motifs is 2. The fraction of sp³-hybridized carbons (Fsp3) is 0.217. The summed E-state index contributed by atoms with van der Waals surface area (Å²) >= 11 is 1.13. The van der Waals surface area contributed by atoms with Crippen molar-refractivity contribution in [3.63, 3.8) is 0 Å². The van der Waals surface area contributed by atoms with Gasteiger partial charge in [0, 0.05) is 6.07 Å². The summed E-state index contributed by atoms with van der Waals surface area (Å²) in [4.78, 5) is 17.0. The second kappa shape index (κ2) is 9.30. The van der Waals surface area contributed by atoms with Gasteiger partial charge in [0.05, 0.1) is 25.3 Å². The lowest BCUT2D eigenvalue weighted by molar-refractivity contribution is 0.139. The molecule has 0 fully saturated rings. The van der Waals surface area contributed by atoms with Gasteiger partial charge in [-0.05, 0) is 30.5 Å². The Hall–Kier alpha value is -3.87. The molecule has 36 heavy (non-hydrogen) atoms. The number of methoxy groups -OCH3 is 2. The predicted molar refractivity (Wildman–Crippen MR) is 126 cm³/mol. The number of aromatic nitrogens is 6. The Morgan fingerprint density at radius 1 is 0.722 bits per heavy atom. The number of ether oxygens (including phenoxy) is 2. The zero-order valence-corrected chi connectivity index (χ0v) is 19.9. The van der Waals surface area contributed by atoms with E-state index >= 15 is 0 Å². The Labute approximate surface area is 205 Å². The van der Waals surface area contributed by atoms with Crippen molar-refractivity contribution < 1.29 is 27.0 Å². The van der Waals surface area contributed by atoms with Gasteiger partial charge >= 0.3 is 0 Å². The summed E-state index contributed by atoms with van der Waals surface area (Å²) in [6.07, 6.45) is -4.21. The Bertz CT molecular complexity index is 1470. The van der Waals surface area contributed by atoms with Crippen molar-refractivity contribution in [2.24, 2.45) is 0 Å². The van der Waals surface area contributed by atoms with Crippen LogP contribution in [0.4, 0.5) is 17.6 Å². The van der Waals surface area contributed by atoms with Gasteiger partial charge in [-0.1, -0.05) is 23.9 Å². The molecule has 0 saturated heterocycles. The van der Waals surface area contributed by atoms with E-state index in [1.165, 1.54) is 29.4 Å². The van der Waals surface area contributed by atoms with E-state index in [4.69, 9.17) is 9.47 Å². The smallest absolute Gasteiger partial charge is 0.296 e. The summed E-state index contributed by atoms with van der Waals surface area (Å²) < 4.78 is 69.3. The van der Waals surface area contributed by atoms with Crippen LogP contribution in [-0.2, 0) is 0 Å². The minimum Gasteiger partial charge on any atom is -0.494 e. The average Bonchev–Trinajstić information content (AvgIpc) is 3.47. The molecular formula is C23H18F4N6O2S. The molecule has 0 aliphatic heterocycles. The van der Waals surface area contributed by atoms with Crippen LogP contribution in [0.5, 0.6) is 11.5 Å². The Morgan fingerprint density at radius 3 is 1.53 bits per heavy atom. The zero-order chi connectivity index (χ0) is 25.6. The van der Waals surface area contributed by atoms with Gasteiger partial charge in [0.25, 0.3) is 12.9 Å². The SMILES string of the molecule is COc1cccc2c1nc(C(F)F)n2-c1cc(-n2c(C(F)F)nc3c(OC)cccc32)nc(SC)n1. The van der Waals surface area contributed by atoms with Gasteiger partial charge in [-0.3, -0.25) is 9.13 Å². The van der Waals surface area contributed by atoms with Gasteiger partial charge in [0.2, 0.25) is 0 Å². The molecular weight excluding hydrogens is 500 g/mol. The number of para-hydroxylation sites is 2. The van der Waals surface area contributed by atoms with Crippen molar-refractivity contribution in [1.82, 2.24) is 29.1 Å². The summed E-state index contributed by atoms with van der Waals surface area (Å²) in [6, 6.07) is 11.0. The molecule has 3 heterocycles. The lowest BCUT2D eigenvalue weighted by Crippen LogP contribution is -2.10. The van der Waals surface area contributed by atoms with Crippen LogP contribution in [0.3, 0.4) is 0 Å². The molecule has 5 aromatic rings. The molecule has 5 rings (SSSR count). The number of hydrogen-bond donors (Lipinski definition) is 0. The highest BCUT2D eigenvalue weighted by molar-refractivity contribution is 7.98. The van der Waals surface area contributed by atoms with E-state index < -0.39 is 24.5 Å². The van der Waals surface area contributed by atoms with Crippen molar-refractivity contribution in [1.29, 1.82) is 0 Å². The quantitative estimate of drug-likeness (QED) is 0.154. The first-order valence-electron chi connectivity index (χ1n) is 10.5. The van der Waals surface area contributed by atoms with Gasteiger partial charge in [0.15, 0.2) is 16.8 Å². The van der Waals surface area contributed by atoms with Gasteiger partial charge < -0.3 is 9.47 Å². The van der Waals surface area contributed by atoms with Crippen molar-refractivity contribution in [2.45, 2.75) is 18.0 Å². The highest BCUT2D eigenvalue weighted by Gasteiger charge is 2.26. The Kier molecular flexibility index (Phi) is 6.16. The van der Waals surface area contributed by atoms with Gasteiger partial charge in [-0.15, -0.1) is 0 Å². The molecule has 0 atom stereocenters. The van der Waals surface area contributed by atoms with Crippen LogP contribution in [0.15, 0.2) is 47.6 Å². The first-order chi connectivity index (χ1) is 17.4. The maximum absolute atomic E-state index is 14.1. The van der Waals surface area contributed by atoms with Crippen molar-refractivity contribution >= 4 is 33.8 Å². The molecule has 0 aliphatic rings. The second-order valence-corrected chi connectivity index (χ2v) is 8.21. The van der Waals surface area contributed by atoms with Crippen LogP contribution >= 0.6 is 11.8 Å². The molecule has 3 aromatic heterocycles. The maximum atomic E-state index is 14.1. The first-order valence-corrected chi connectivity index (χ1v) is 11.7. The number of benzene rings is 2. The number of rotatable bonds is 7. The standard InChI is InChI=1S/C23H18F4N6O2S/c1-34-13-8-4-6-11-17(13)30-21(19(24)25)32(11)15-10-16(29-23(28-15)36-3)33-12-7-5-9-14(35-2)18(12)31-22(33)20(26)27/h4-10,19-20H,1-3H3. The maximum Gasteiger partial charge on any atom is 0.296 e. The number of imidazole rings is 2. The lowest BCUT2D eigenvalue weighted by atomic mass is 10.3. The van der Waals surface area contributed by atoms with E-state index in [2.05, 4.69) is 19.9 Å². The third kappa shape index (κ3) is 3.79. The molecule has 8 nitrogen and oxygen atoms in total. The fourth-order valence-corrected chi connectivity index (χ4v) is 4.38. The van der Waals surface area contributed by atoms with Crippen LogP contribution in [0.25, 0.3) is 33.7 Å². The molecule has 0 unspecified atom stereocenters. The average molecular weight is 518 g/mol. The molecule has 186 valence electrons. The molecule has 0 aliphatic carbocycles. The summed E-state index contributed by atoms with van der Waals surface area (Å²) in [5.74, 6) is -0.476. The minimum atomic E-state index is -2.95. The van der Waals surface area contributed by atoms with Crippen LogP contribution in [0.1, 0.15) is 24.5 Å². The van der Waals surface area contributed by atoms with E-state index in [9.17, 15) is 17.6 Å². The molecule has 0 spiro atoms. The van der Waals surface area contributed by atoms with E-state index in [1.54, 1.807) is 42.7 Å². The third-order valence-corrected chi connectivity index (χ3v) is 6.05. The van der Waals surface area contributed by atoms with Crippen molar-refractivity contribution in [3.8, 4) is 23.1 Å². The number of thioether (sulfide) groups is 1. The first kappa shape index (κ1) is 23.9.